The summed E-state index contributed by atoms with van der Waals surface area (Å²) in [5.41, 5.74) is -1.10. The number of ketones is 1. The minimum absolute atomic E-state index is 0.102. The SMILES string of the molecule is CC(=O)c1cc2c(s1)[C@@H](NC(=O)c1cccc([N+](=O)[O-])c1)[C@H](O)C(C)(C)O2. The average molecular weight is 390 g/mol. The molecule has 1 aliphatic rings. The van der Waals surface area contributed by atoms with E-state index in [1.165, 1.54) is 31.2 Å². The first-order valence-corrected chi connectivity index (χ1v) is 8.99. The highest BCUT2D eigenvalue weighted by Crippen LogP contribution is 2.45. The maximum Gasteiger partial charge on any atom is 0.270 e. The van der Waals surface area contributed by atoms with Gasteiger partial charge in [0.25, 0.3) is 11.6 Å². The molecule has 2 heterocycles. The molecule has 1 amide bonds. The van der Waals surface area contributed by atoms with Crippen LogP contribution in [0, 0.1) is 10.1 Å². The number of rotatable bonds is 4. The molecule has 0 aliphatic carbocycles. The lowest BCUT2D eigenvalue weighted by atomic mass is 9.90. The predicted molar refractivity (Wildman–Crippen MR) is 98.3 cm³/mol. The highest BCUT2D eigenvalue weighted by atomic mass is 32.1. The number of benzene rings is 1. The lowest BCUT2D eigenvalue weighted by molar-refractivity contribution is -0.384. The second-order valence-electron chi connectivity index (χ2n) is 6.80. The third-order valence-electron chi connectivity index (χ3n) is 4.36. The Hall–Kier alpha value is -2.78. The Labute approximate surface area is 158 Å². The van der Waals surface area contributed by atoms with Crippen molar-refractivity contribution in [3.05, 3.63) is 55.8 Å². The Morgan fingerprint density at radius 2 is 2.04 bits per heavy atom. The van der Waals surface area contributed by atoms with Crippen molar-refractivity contribution in [1.29, 1.82) is 0 Å². The molecule has 1 aromatic carbocycles. The summed E-state index contributed by atoms with van der Waals surface area (Å²) in [6.07, 6.45) is -1.08. The predicted octanol–water partition coefficient (Wildman–Crippen LogP) is 2.86. The third-order valence-corrected chi connectivity index (χ3v) is 5.66. The summed E-state index contributed by atoms with van der Waals surface area (Å²) < 4.78 is 5.80. The zero-order valence-electron chi connectivity index (χ0n) is 14.9. The molecule has 0 bridgehead atoms. The number of carbonyl (C=O) groups is 2. The van der Waals surface area contributed by atoms with Gasteiger partial charge >= 0.3 is 0 Å². The molecule has 1 aliphatic heterocycles. The number of aliphatic hydroxyl groups excluding tert-OH is 1. The van der Waals surface area contributed by atoms with Crippen LogP contribution in [-0.4, -0.2) is 33.4 Å². The second kappa shape index (κ2) is 6.75. The van der Waals surface area contributed by atoms with Gasteiger partial charge in [0, 0.05) is 23.8 Å². The maximum atomic E-state index is 12.6. The van der Waals surface area contributed by atoms with E-state index in [0.717, 1.165) is 11.3 Å². The number of nitrogens with one attached hydrogen (secondary N) is 1. The molecule has 1 aromatic heterocycles. The van der Waals surface area contributed by atoms with Crippen LogP contribution in [0.15, 0.2) is 30.3 Å². The highest BCUT2D eigenvalue weighted by molar-refractivity contribution is 7.14. The van der Waals surface area contributed by atoms with Crippen molar-refractivity contribution in [2.45, 2.75) is 38.5 Å². The molecule has 2 atom stereocenters. The number of thiophene rings is 1. The normalized spacial score (nSPS) is 20.3. The molecule has 0 radical (unpaired) electrons. The molecule has 0 spiro atoms. The maximum absolute atomic E-state index is 12.6. The number of ether oxygens (including phenoxy) is 1. The molecule has 8 nitrogen and oxygen atoms in total. The number of aliphatic hydroxyl groups is 1. The molecule has 0 unspecified atom stereocenters. The molecule has 0 fully saturated rings. The van der Waals surface area contributed by atoms with Crippen LogP contribution in [0.25, 0.3) is 0 Å². The van der Waals surface area contributed by atoms with Crippen molar-refractivity contribution in [2.24, 2.45) is 0 Å². The third kappa shape index (κ3) is 3.56. The van der Waals surface area contributed by atoms with E-state index in [-0.39, 0.29) is 17.0 Å². The van der Waals surface area contributed by atoms with Gasteiger partial charge in [0.2, 0.25) is 0 Å². The molecule has 2 aromatic rings. The number of hydrogen-bond donors (Lipinski definition) is 2. The van der Waals surface area contributed by atoms with Crippen LogP contribution >= 0.6 is 11.3 Å². The van der Waals surface area contributed by atoms with Gasteiger partial charge in [-0.15, -0.1) is 11.3 Å². The molecule has 27 heavy (non-hydrogen) atoms. The van der Waals surface area contributed by atoms with E-state index in [1.807, 2.05) is 0 Å². The Morgan fingerprint density at radius 1 is 1.33 bits per heavy atom. The summed E-state index contributed by atoms with van der Waals surface area (Å²) in [6.45, 7) is 4.78. The van der Waals surface area contributed by atoms with Crippen LogP contribution in [0.4, 0.5) is 5.69 Å². The summed E-state index contributed by atoms with van der Waals surface area (Å²) in [5, 5.41) is 24.3. The molecule has 3 rings (SSSR count). The van der Waals surface area contributed by atoms with Crippen LogP contribution in [-0.2, 0) is 0 Å². The van der Waals surface area contributed by atoms with Crippen molar-refractivity contribution in [2.75, 3.05) is 0 Å². The molecule has 2 N–H and O–H groups in total. The standard InChI is InChI=1S/C18H18N2O6S/c1-9(21)13-8-12-15(27-13)14(16(22)18(2,3)26-12)19-17(23)10-5-4-6-11(7-10)20(24)25/h4-8,14,16,22H,1-3H3,(H,19,23)/t14-,16+/m1/s1. The number of nitrogens with zero attached hydrogens (tertiary/aromatic N) is 1. The first-order valence-electron chi connectivity index (χ1n) is 8.17. The van der Waals surface area contributed by atoms with Gasteiger partial charge in [0.1, 0.15) is 17.5 Å². The van der Waals surface area contributed by atoms with Crippen LogP contribution in [0.1, 0.15) is 51.7 Å². The van der Waals surface area contributed by atoms with E-state index in [4.69, 9.17) is 4.74 Å². The number of nitro groups is 1. The molecule has 0 saturated heterocycles. The van der Waals surface area contributed by atoms with Crippen molar-refractivity contribution < 1.29 is 24.4 Å². The quantitative estimate of drug-likeness (QED) is 0.471. The zero-order valence-corrected chi connectivity index (χ0v) is 15.7. The summed E-state index contributed by atoms with van der Waals surface area (Å²) >= 11 is 1.14. The lowest BCUT2D eigenvalue weighted by Crippen LogP contribution is -2.53. The van der Waals surface area contributed by atoms with Crippen LogP contribution in [0.5, 0.6) is 5.75 Å². The highest BCUT2D eigenvalue weighted by Gasteiger charge is 2.45. The van der Waals surface area contributed by atoms with Gasteiger partial charge in [-0.25, -0.2) is 0 Å². The fourth-order valence-corrected chi connectivity index (χ4v) is 3.94. The first-order chi connectivity index (χ1) is 12.6. The van der Waals surface area contributed by atoms with Gasteiger partial charge in [-0.05, 0) is 26.8 Å². The molecular formula is C18H18N2O6S. The Kier molecular flexibility index (Phi) is 4.75. The van der Waals surface area contributed by atoms with E-state index in [2.05, 4.69) is 5.32 Å². The second-order valence-corrected chi connectivity index (χ2v) is 7.89. The number of Topliss-reactive ketones (excluding diaryl/α,β-unsaturated/α-hetero) is 1. The summed E-state index contributed by atoms with van der Waals surface area (Å²) in [6, 6.07) is 6.12. The minimum atomic E-state index is -1.08. The van der Waals surface area contributed by atoms with Crippen molar-refractivity contribution >= 4 is 28.7 Å². The molecule has 0 saturated carbocycles. The largest absolute Gasteiger partial charge is 0.484 e. The number of hydrogen-bond acceptors (Lipinski definition) is 7. The van der Waals surface area contributed by atoms with Gasteiger partial charge in [-0.1, -0.05) is 6.07 Å². The monoisotopic (exact) mass is 390 g/mol. The Balaban J connectivity index is 1.95. The van der Waals surface area contributed by atoms with E-state index in [9.17, 15) is 24.8 Å². The smallest absolute Gasteiger partial charge is 0.270 e. The fraction of sp³-hybridized carbons (Fsp3) is 0.333. The van der Waals surface area contributed by atoms with Crippen LogP contribution < -0.4 is 10.1 Å². The number of nitro benzene ring substituents is 1. The molecular weight excluding hydrogens is 372 g/mol. The van der Waals surface area contributed by atoms with Gasteiger partial charge < -0.3 is 15.2 Å². The van der Waals surface area contributed by atoms with Crippen LogP contribution in [0.3, 0.4) is 0 Å². The van der Waals surface area contributed by atoms with E-state index < -0.39 is 28.6 Å². The topological polar surface area (TPSA) is 119 Å². The van der Waals surface area contributed by atoms with Gasteiger partial charge in [0.15, 0.2) is 5.78 Å². The Bertz CT molecular complexity index is 936. The zero-order chi connectivity index (χ0) is 19.9. The molecule has 9 heteroatoms. The minimum Gasteiger partial charge on any atom is -0.484 e. The lowest BCUT2D eigenvalue weighted by Gasteiger charge is -2.40. The van der Waals surface area contributed by atoms with Crippen molar-refractivity contribution in [3.8, 4) is 5.75 Å². The van der Waals surface area contributed by atoms with Crippen LogP contribution in [0.2, 0.25) is 0 Å². The number of amides is 1. The fourth-order valence-electron chi connectivity index (χ4n) is 2.88. The summed E-state index contributed by atoms with van der Waals surface area (Å²) in [4.78, 5) is 35.7. The van der Waals surface area contributed by atoms with Gasteiger partial charge in [-0.3, -0.25) is 19.7 Å². The van der Waals surface area contributed by atoms with Crippen molar-refractivity contribution in [3.63, 3.8) is 0 Å². The van der Waals surface area contributed by atoms with E-state index in [0.29, 0.717) is 15.5 Å². The summed E-state index contributed by atoms with van der Waals surface area (Å²) in [5.74, 6) is -0.275. The van der Waals surface area contributed by atoms with Gasteiger partial charge in [0.05, 0.1) is 20.7 Å². The van der Waals surface area contributed by atoms with Gasteiger partial charge in [-0.2, -0.15) is 0 Å². The molecule has 142 valence electrons. The number of carbonyl (C=O) groups excluding carboxylic acids is 2. The average Bonchev–Trinajstić information content (AvgIpc) is 3.02. The number of fused-ring (bicyclic) bond motifs is 1. The first kappa shape index (κ1) is 19.0. The Morgan fingerprint density at radius 3 is 2.67 bits per heavy atom. The van der Waals surface area contributed by atoms with E-state index in [1.54, 1.807) is 19.9 Å². The van der Waals surface area contributed by atoms with Crippen molar-refractivity contribution in [1.82, 2.24) is 5.32 Å². The number of non-ortho nitro benzene ring substituents is 1. The summed E-state index contributed by atoms with van der Waals surface area (Å²) in [7, 11) is 0. The van der Waals surface area contributed by atoms with E-state index >= 15 is 0 Å².